The Kier molecular flexibility index (Phi) is 8.50. The number of hydrogen-bond donors (Lipinski definition) is 0. The first kappa shape index (κ1) is 25.8. The average molecular weight is 604 g/mol. The van der Waals surface area contributed by atoms with Gasteiger partial charge in [0.25, 0.3) is 0 Å². The Balaban J connectivity index is 1.47. The number of fused-ring (bicyclic) bond motifs is 1. The molecule has 0 aliphatic carbocycles. The topological polar surface area (TPSA) is 108 Å². The van der Waals surface area contributed by atoms with Gasteiger partial charge in [0.15, 0.2) is 8.32 Å². The van der Waals surface area contributed by atoms with Crippen LogP contribution in [0.2, 0.25) is 18.1 Å². The summed E-state index contributed by atoms with van der Waals surface area (Å²) in [6.45, 7) is 7.56. The Morgan fingerprint density at radius 2 is 1.68 bits per heavy atom. The summed E-state index contributed by atoms with van der Waals surface area (Å²) in [7, 11) is -9.77. The fourth-order valence-corrected chi connectivity index (χ4v) is 8.88. The molecule has 0 N–H and O–H groups in total. The summed E-state index contributed by atoms with van der Waals surface area (Å²) in [5.74, 6) is 0. The van der Waals surface area contributed by atoms with Gasteiger partial charge in [-0.2, -0.15) is 0 Å². The molecule has 0 spiro atoms. The summed E-state index contributed by atoms with van der Waals surface area (Å²) < 4.78 is 106. The number of ether oxygens (including phenoxy) is 3. The summed E-state index contributed by atoms with van der Waals surface area (Å²) in [5.41, 5.74) is 0. The van der Waals surface area contributed by atoms with E-state index in [1.54, 1.807) is 6.08 Å². The minimum atomic E-state index is -3.82. The van der Waals surface area contributed by atoms with Crippen LogP contribution in [0.4, 0.5) is 0 Å². The van der Waals surface area contributed by atoms with E-state index < -0.39 is 73.8 Å². The van der Waals surface area contributed by atoms with E-state index in [1.165, 1.54) is 6.08 Å². The second kappa shape index (κ2) is 12.5. The van der Waals surface area contributed by atoms with Crippen molar-refractivity contribution in [1.82, 2.24) is 0 Å². The van der Waals surface area contributed by atoms with Gasteiger partial charge in [0.2, 0.25) is 0 Å². The first-order valence-electron chi connectivity index (χ1n) is 15.6. The highest BCUT2D eigenvalue weighted by atomic mass is 31.2. The van der Waals surface area contributed by atoms with Crippen molar-refractivity contribution in [2.75, 3.05) is 45.3 Å². The Hall–Kier alpha value is 0.0969. The molecule has 0 aromatic rings. The molecule has 4 aliphatic rings. The number of allylic oxidation sites excluding steroid dienone is 2. The predicted molar refractivity (Wildman–Crippen MR) is 147 cm³/mol. The molecule has 4 rings (SSSR count). The van der Waals surface area contributed by atoms with Gasteiger partial charge >= 0.3 is 15.2 Å². The van der Waals surface area contributed by atoms with Crippen molar-refractivity contribution < 1.29 is 51.3 Å². The van der Waals surface area contributed by atoms with Crippen LogP contribution in [-0.4, -0.2) is 90.2 Å². The maximum atomic E-state index is 14.0. The van der Waals surface area contributed by atoms with Crippen molar-refractivity contribution in [3.8, 4) is 0 Å². The van der Waals surface area contributed by atoms with Crippen LogP contribution in [0.15, 0.2) is 12.2 Å². The van der Waals surface area contributed by atoms with Gasteiger partial charge in [0, 0.05) is 34.0 Å². The average Bonchev–Trinajstić information content (AvgIpc) is 3.52. The van der Waals surface area contributed by atoms with Crippen molar-refractivity contribution in [3.05, 3.63) is 12.2 Å². The maximum Gasteiger partial charge on any atom is 0.334 e. The third kappa shape index (κ3) is 7.88. The fraction of sp³-hybridized carbons (Fsp3) is 0.920. The summed E-state index contributed by atoms with van der Waals surface area (Å²) in [6, 6.07) is 0. The van der Waals surface area contributed by atoms with E-state index in [-0.39, 0.29) is 56.4 Å². The molecule has 11 atom stereocenters. The standard InChI is InChI=1S/C25H46O10P2Si/c1-19-20(9-12-28-19)33-36(26)15-7-8-16-37(27,34-21-10-13-29-23(21)17-31-36)32-18-24-22(11-14-30-24)35-38(5,6)25(2,3)4/h7-8,19-24H,9-18H2,1-6H3/b8-7+/t19-,20?,21?,22?,23-,24-,36+,37-/m1/s1/i1D,12T,13T,14T/t12-,13-,14-,19+,20?,21?,22?,23+,24+,36-,37+/m0. The van der Waals surface area contributed by atoms with E-state index in [4.69, 9.17) is 42.2 Å². The minimum absolute atomic E-state index is 0.0423. The summed E-state index contributed by atoms with van der Waals surface area (Å²) in [5, 5.41) is -0.0423. The quantitative estimate of drug-likeness (QED) is 0.210. The Labute approximate surface area is 234 Å². The lowest BCUT2D eigenvalue weighted by Gasteiger charge is -2.39. The van der Waals surface area contributed by atoms with Crippen LogP contribution in [0.5, 0.6) is 0 Å². The smallest absolute Gasteiger partial charge is 0.334 e. The van der Waals surface area contributed by atoms with Gasteiger partial charge in [-0.3, -0.25) is 9.13 Å². The molecule has 0 amide bonds. The molecule has 4 heterocycles. The molecule has 3 saturated heterocycles. The van der Waals surface area contributed by atoms with Gasteiger partial charge in [0.1, 0.15) is 12.2 Å². The van der Waals surface area contributed by atoms with E-state index >= 15 is 0 Å². The summed E-state index contributed by atoms with van der Waals surface area (Å²) in [6.07, 6.45) is -0.635. The largest absolute Gasteiger partial charge is 0.411 e. The monoisotopic (exact) mass is 603 g/mol. The molecule has 0 saturated carbocycles. The molecule has 10 nitrogen and oxygen atoms in total. The van der Waals surface area contributed by atoms with E-state index in [9.17, 15) is 9.13 Å². The molecule has 0 aromatic carbocycles. The molecule has 3 unspecified atom stereocenters. The lowest BCUT2D eigenvalue weighted by atomic mass is 10.2. The fourth-order valence-electron chi connectivity index (χ4n) is 4.18. The van der Waals surface area contributed by atoms with Gasteiger partial charge in [-0.15, -0.1) is 0 Å². The Morgan fingerprint density at radius 1 is 1.00 bits per heavy atom. The molecule has 0 bridgehead atoms. The van der Waals surface area contributed by atoms with E-state index in [2.05, 4.69) is 33.9 Å². The van der Waals surface area contributed by atoms with Gasteiger partial charge in [-0.25, -0.2) is 0 Å². The first-order valence-corrected chi connectivity index (χ1v) is 19.6. The lowest BCUT2D eigenvalue weighted by molar-refractivity contribution is -0.00745. The maximum absolute atomic E-state index is 14.0. The highest BCUT2D eigenvalue weighted by molar-refractivity contribution is 7.54. The van der Waals surface area contributed by atoms with Crippen molar-refractivity contribution in [2.45, 2.75) is 102 Å². The highest BCUT2D eigenvalue weighted by Crippen LogP contribution is 2.55. The van der Waals surface area contributed by atoms with Crippen molar-refractivity contribution >= 4 is 23.5 Å². The summed E-state index contributed by atoms with van der Waals surface area (Å²) >= 11 is 0. The molecule has 13 heteroatoms. The zero-order chi connectivity index (χ0) is 30.9. The van der Waals surface area contributed by atoms with Crippen molar-refractivity contribution in [3.63, 3.8) is 0 Å². The van der Waals surface area contributed by atoms with Crippen LogP contribution in [0.1, 0.15) is 52.4 Å². The normalized spacial score (nSPS) is 49.3. The molecule has 38 heavy (non-hydrogen) atoms. The van der Waals surface area contributed by atoms with Crippen LogP contribution >= 0.6 is 15.2 Å². The Morgan fingerprint density at radius 3 is 2.42 bits per heavy atom. The molecule has 0 aromatic heterocycles. The van der Waals surface area contributed by atoms with Crippen molar-refractivity contribution in [1.29, 1.82) is 0 Å². The van der Waals surface area contributed by atoms with E-state index in [1.807, 2.05) is 0 Å². The first-order chi connectivity index (χ1) is 19.5. The van der Waals surface area contributed by atoms with E-state index in [0.717, 1.165) is 0 Å². The van der Waals surface area contributed by atoms with Crippen LogP contribution in [-0.2, 0) is 45.9 Å². The molecule has 3 fully saturated rings. The van der Waals surface area contributed by atoms with Gasteiger partial charge in [-0.05, 0) is 31.5 Å². The molecule has 0 radical (unpaired) electrons. The molecular weight excluding hydrogens is 550 g/mol. The third-order valence-electron chi connectivity index (χ3n) is 7.58. The van der Waals surface area contributed by atoms with Crippen molar-refractivity contribution in [2.24, 2.45) is 0 Å². The van der Waals surface area contributed by atoms with Crippen LogP contribution in [0, 0.1) is 0 Å². The molecular formula is C25H46O10P2Si. The zero-order valence-corrected chi connectivity index (χ0v) is 25.8. The van der Waals surface area contributed by atoms with E-state index in [0.29, 0.717) is 6.42 Å². The Bertz CT molecular complexity index is 1050. The lowest BCUT2D eigenvalue weighted by Crippen LogP contribution is -2.46. The van der Waals surface area contributed by atoms with Gasteiger partial charge < -0.3 is 36.7 Å². The predicted octanol–water partition coefficient (Wildman–Crippen LogP) is 5.52. The van der Waals surface area contributed by atoms with Crippen LogP contribution in [0.3, 0.4) is 0 Å². The highest BCUT2D eigenvalue weighted by Gasteiger charge is 2.44. The minimum Gasteiger partial charge on any atom is -0.411 e. The molecule has 220 valence electrons. The third-order valence-corrected chi connectivity index (χ3v) is 15.7. The zero-order valence-electron chi connectivity index (χ0n) is 27.0. The molecule has 4 aliphatic heterocycles. The summed E-state index contributed by atoms with van der Waals surface area (Å²) in [4.78, 5) is 0. The van der Waals surface area contributed by atoms with Gasteiger partial charge in [0.05, 0.1) is 54.1 Å². The number of hydrogen-bond acceptors (Lipinski definition) is 10. The van der Waals surface area contributed by atoms with Crippen LogP contribution < -0.4 is 0 Å². The second-order valence-corrected chi connectivity index (χ2v) is 20.5. The van der Waals surface area contributed by atoms with Crippen LogP contribution in [0.25, 0.3) is 0 Å². The number of rotatable bonds is 7. The second-order valence-electron chi connectivity index (χ2n) is 11.6. The van der Waals surface area contributed by atoms with Gasteiger partial charge in [-0.1, -0.05) is 32.9 Å². The SMILES string of the molecule is [2H]C[C@H]1O[C@@H]([3H])CC1O[P@]1(=O)C/C=C/C[P@@](=O)(OC[C@H]2O[C@@H]([3H])CC2O[Si](C)(C)C(C)(C)C)OC2C[C@H]([3H])O[C@@H]2CO1.